The standard InChI is InChI=1S/C13H13NO3/c15-12(9-4-2-1-3-5-9)13(16)14-10-6-7-11(8-10)17-14/h1-7,10-12,15H,8H2/t10-,11+,12+/m0/s1. The smallest absolute Gasteiger partial charge is 0.280 e. The number of nitrogens with zero attached hydrogens (tertiary/aromatic N) is 1. The Kier molecular flexibility index (Phi) is 2.46. The molecule has 0 radical (unpaired) electrons. The molecule has 1 aromatic rings. The monoisotopic (exact) mass is 231 g/mol. The fourth-order valence-electron chi connectivity index (χ4n) is 2.24. The second kappa shape index (κ2) is 3.98. The first kappa shape index (κ1) is 10.5. The van der Waals surface area contributed by atoms with E-state index in [9.17, 15) is 9.90 Å². The van der Waals surface area contributed by atoms with Gasteiger partial charge in [0, 0.05) is 6.42 Å². The molecule has 2 aliphatic rings. The summed E-state index contributed by atoms with van der Waals surface area (Å²) in [5.41, 5.74) is 0.591. The third-order valence-corrected chi connectivity index (χ3v) is 3.14. The average Bonchev–Trinajstić information content (AvgIpc) is 3.00. The Bertz CT molecular complexity index is 457. The van der Waals surface area contributed by atoms with Crippen LogP contribution in [0.4, 0.5) is 0 Å². The number of hydrogen-bond acceptors (Lipinski definition) is 3. The van der Waals surface area contributed by atoms with Gasteiger partial charge in [-0.2, -0.15) is 0 Å². The van der Waals surface area contributed by atoms with E-state index in [0.29, 0.717) is 5.56 Å². The van der Waals surface area contributed by atoms with Crippen LogP contribution in [0.2, 0.25) is 0 Å². The van der Waals surface area contributed by atoms with Crippen molar-refractivity contribution in [3.05, 3.63) is 48.0 Å². The van der Waals surface area contributed by atoms with Gasteiger partial charge in [0.25, 0.3) is 5.91 Å². The van der Waals surface area contributed by atoms with Gasteiger partial charge in [-0.25, -0.2) is 5.06 Å². The summed E-state index contributed by atoms with van der Waals surface area (Å²) in [7, 11) is 0. The molecule has 4 nitrogen and oxygen atoms in total. The molecule has 88 valence electrons. The Balaban J connectivity index is 1.77. The largest absolute Gasteiger partial charge is 0.378 e. The van der Waals surface area contributed by atoms with Crippen LogP contribution in [0.15, 0.2) is 42.5 Å². The molecule has 1 aromatic carbocycles. The number of aliphatic hydroxyl groups excluding tert-OH is 1. The minimum absolute atomic E-state index is 0.00748. The molecular formula is C13H13NO3. The molecule has 1 amide bonds. The van der Waals surface area contributed by atoms with E-state index in [2.05, 4.69) is 0 Å². The summed E-state index contributed by atoms with van der Waals surface area (Å²) < 4.78 is 0. The predicted molar refractivity (Wildman–Crippen MR) is 60.7 cm³/mol. The van der Waals surface area contributed by atoms with Crippen LogP contribution in [-0.2, 0) is 9.63 Å². The molecule has 1 fully saturated rings. The minimum atomic E-state index is -1.15. The van der Waals surface area contributed by atoms with Crippen LogP contribution in [0.3, 0.4) is 0 Å². The first-order chi connectivity index (χ1) is 8.25. The average molecular weight is 231 g/mol. The molecule has 0 unspecified atom stereocenters. The number of carbonyl (C=O) groups excluding carboxylic acids is 1. The van der Waals surface area contributed by atoms with E-state index in [-0.39, 0.29) is 12.1 Å². The Labute approximate surface area is 99.1 Å². The second-order valence-corrected chi connectivity index (χ2v) is 4.31. The van der Waals surface area contributed by atoms with Gasteiger partial charge < -0.3 is 5.11 Å². The van der Waals surface area contributed by atoms with Crippen molar-refractivity contribution in [2.75, 3.05) is 0 Å². The van der Waals surface area contributed by atoms with Crippen molar-refractivity contribution >= 4 is 5.91 Å². The van der Waals surface area contributed by atoms with Gasteiger partial charge in [0.2, 0.25) is 0 Å². The molecule has 1 saturated heterocycles. The molecule has 2 bridgehead atoms. The normalized spacial score (nSPS) is 27.5. The van der Waals surface area contributed by atoms with Gasteiger partial charge >= 0.3 is 0 Å². The van der Waals surface area contributed by atoms with Gasteiger partial charge in [0.05, 0.1) is 6.04 Å². The van der Waals surface area contributed by atoms with Gasteiger partial charge in [-0.3, -0.25) is 9.63 Å². The lowest BCUT2D eigenvalue weighted by Gasteiger charge is -2.25. The minimum Gasteiger partial charge on any atom is -0.378 e. The van der Waals surface area contributed by atoms with Gasteiger partial charge in [0.15, 0.2) is 6.10 Å². The molecule has 17 heavy (non-hydrogen) atoms. The quantitative estimate of drug-likeness (QED) is 0.778. The van der Waals surface area contributed by atoms with E-state index in [0.717, 1.165) is 6.42 Å². The van der Waals surface area contributed by atoms with Crippen LogP contribution in [0.25, 0.3) is 0 Å². The third-order valence-electron chi connectivity index (χ3n) is 3.14. The maximum Gasteiger partial charge on any atom is 0.280 e. The lowest BCUT2D eigenvalue weighted by Crippen LogP contribution is -2.38. The number of hydroxylamine groups is 2. The van der Waals surface area contributed by atoms with Crippen molar-refractivity contribution in [3.63, 3.8) is 0 Å². The highest BCUT2D eigenvalue weighted by atomic mass is 16.7. The number of carbonyl (C=O) groups is 1. The van der Waals surface area contributed by atoms with E-state index < -0.39 is 12.0 Å². The zero-order chi connectivity index (χ0) is 11.8. The number of amides is 1. The number of fused-ring (bicyclic) bond motifs is 2. The van der Waals surface area contributed by atoms with E-state index in [1.165, 1.54) is 5.06 Å². The van der Waals surface area contributed by atoms with Crippen LogP contribution < -0.4 is 0 Å². The van der Waals surface area contributed by atoms with E-state index in [1.54, 1.807) is 24.3 Å². The maximum atomic E-state index is 12.1. The zero-order valence-electron chi connectivity index (χ0n) is 9.19. The highest BCUT2D eigenvalue weighted by Crippen LogP contribution is 2.31. The number of aliphatic hydroxyl groups is 1. The summed E-state index contributed by atoms with van der Waals surface area (Å²) in [6.07, 6.45) is 3.54. The van der Waals surface area contributed by atoms with Gasteiger partial charge in [0.1, 0.15) is 6.10 Å². The fourth-order valence-corrected chi connectivity index (χ4v) is 2.24. The fraction of sp³-hybridized carbons (Fsp3) is 0.308. The maximum absolute atomic E-state index is 12.1. The Morgan fingerprint density at radius 1 is 1.35 bits per heavy atom. The van der Waals surface area contributed by atoms with Gasteiger partial charge in [-0.1, -0.05) is 42.5 Å². The lowest BCUT2D eigenvalue weighted by atomic mass is 10.1. The van der Waals surface area contributed by atoms with Gasteiger partial charge in [-0.05, 0) is 5.56 Å². The number of benzene rings is 1. The molecule has 1 aliphatic heterocycles. The SMILES string of the molecule is O=C([C@H](O)c1ccccc1)N1O[C@@H]2C=C[C@H]1C2. The lowest BCUT2D eigenvalue weighted by molar-refractivity contribution is -0.191. The van der Waals surface area contributed by atoms with Crippen LogP contribution in [-0.4, -0.2) is 28.2 Å². The van der Waals surface area contributed by atoms with E-state index in [4.69, 9.17) is 4.84 Å². The van der Waals surface area contributed by atoms with Gasteiger partial charge in [-0.15, -0.1) is 0 Å². The first-order valence-corrected chi connectivity index (χ1v) is 5.67. The molecule has 1 aliphatic carbocycles. The van der Waals surface area contributed by atoms with E-state index in [1.807, 2.05) is 18.2 Å². The molecule has 1 heterocycles. The Hall–Kier alpha value is -1.65. The van der Waals surface area contributed by atoms with Crippen LogP contribution in [0.1, 0.15) is 18.1 Å². The summed E-state index contributed by atoms with van der Waals surface area (Å²) in [5.74, 6) is -0.395. The van der Waals surface area contributed by atoms with Crippen molar-refractivity contribution < 1.29 is 14.7 Å². The first-order valence-electron chi connectivity index (χ1n) is 5.67. The predicted octanol–water partition coefficient (Wildman–Crippen LogP) is 1.19. The van der Waals surface area contributed by atoms with Crippen molar-refractivity contribution in [2.24, 2.45) is 0 Å². The van der Waals surface area contributed by atoms with Crippen molar-refractivity contribution in [1.82, 2.24) is 5.06 Å². The summed E-state index contributed by atoms with van der Waals surface area (Å²) in [6.45, 7) is 0. The number of rotatable bonds is 2. The van der Waals surface area contributed by atoms with Crippen LogP contribution >= 0.6 is 0 Å². The molecule has 4 heteroatoms. The third kappa shape index (κ3) is 1.75. The topological polar surface area (TPSA) is 49.8 Å². The van der Waals surface area contributed by atoms with Crippen molar-refractivity contribution in [3.8, 4) is 0 Å². The highest BCUT2D eigenvalue weighted by Gasteiger charge is 2.40. The summed E-state index contributed by atoms with van der Waals surface area (Å²) >= 11 is 0. The molecule has 1 N–H and O–H groups in total. The number of hydrogen-bond donors (Lipinski definition) is 1. The van der Waals surface area contributed by atoms with Crippen LogP contribution in [0, 0.1) is 0 Å². The van der Waals surface area contributed by atoms with Crippen molar-refractivity contribution in [2.45, 2.75) is 24.7 Å². The highest BCUT2D eigenvalue weighted by molar-refractivity contribution is 5.82. The second-order valence-electron chi connectivity index (χ2n) is 4.31. The van der Waals surface area contributed by atoms with Crippen LogP contribution in [0.5, 0.6) is 0 Å². The summed E-state index contributed by atoms with van der Waals surface area (Å²) in [5, 5.41) is 11.3. The molecule has 0 saturated carbocycles. The van der Waals surface area contributed by atoms with E-state index >= 15 is 0 Å². The Morgan fingerprint density at radius 2 is 2.12 bits per heavy atom. The zero-order valence-corrected chi connectivity index (χ0v) is 9.19. The summed E-state index contributed by atoms with van der Waals surface area (Å²) in [4.78, 5) is 17.5. The molecule has 0 spiro atoms. The summed E-state index contributed by atoms with van der Waals surface area (Å²) in [6, 6.07) is 8.87. The molecule has 3 atom stereocenters. The molecule has 3 rings (SSSR count). The Morgan fingerprint density at radius 3 is 2.71 bits per heavy atom. The molecular weight excluding hydrogens is 218 g/mol. The van der Waals surface area contributed by atoms with Crippen molar-refractivity contribution in [1.29, 1.82) is 0 Å². The molecule has 0 aromatic heterocycles.